The third-order valence-corrected chi connectivity index (χ3v) is 4.21. The molecule has 8 heteroatoms. The molecule has 0 aromatic heterocycles. The largest absolute Gasteiger partial charge is 0.508 e. The van der Waals surface area contributed by atoms with Gasteiger partial charge in [0.2, 0.25) is 0 Å². The van der Waals surface area contributed by atoms with E-state index in [1.807, 2.05) is 26.2 Å². The van der Waals surface area contributed by atoms with Crippen LogP contribution >= 0.6 is 7.82 Å². The average Bonchev–Trinajstić information content (AvgIpc) is 2.45. The number of likely N-dealkylation sites (N-methyl/N-ethyl adjacent to an activating group) is 1. The van der Waals surface area contributed by atoms with Crippen LogP contribution in [0.3, 0.4) is 0 Å². The summed E-state index contributed by atoms with van der Waals surface area (Å²) < 4.78 is 8.88. The van der Waals surface area contributed by atoms with Crippen LogP contribution in [0.25, 0.3) is 0 Å². The van der Waals surface area contributed by atoms with Crippen LogP contribution in [0.4, 0.5) is 0 Å². The Morgan fingerprint density at radius 1 is 1.08 bits per heavy atom. The molecule has 0 amide bonds. The van der Waals surface area contributed by atoms with Gasteiger partial charge < -0.3 is 29.8 Å². The lowest BCUT2D eigenvalue weighted by molar-refractivity contribution is -0.0277. The molecule has 2 rings (SSSR count). The Labute approximate surface area is 142 Å². The van der Waals surface area contributed by atoms with Crippen molar-refractivity contribution in [3.63, 3.8) is 0 Å². The third-order valence-electron chi connectivity index (χ3n) is 4.21. The maximum Gasteiger partial charge on any atom is 0.466 e. The number of hydrogen-bond donors (Lipinski definition) is 5. The van der Waals surface area contributed by atoms with Gasteiger partial charge in [-0.15, -0.1) is 0 Å². The number of aliphatic hydroxyl groups is 1. The van der Waals surface area contributed by atoms with Crippen LogP contribution in [0, 0.1) is 0 Å². The van der Waals surface area contributed by atoms with E-state index in [9.17, 15) is 10.2 Å². The van der Waals surface area contributed by atoms with E-state index >= 15 is 0 Å². The SMILES string of the molecule is CN(C)CC(c1ccc(O)cc1)C1(O)CCCCC1.O=P(O)(O)O. The highest BCUT2D eigenvalue weighted by atomic mass is 31.2. The summed E-state index contributed by atoms with van der Waals surface area (Å²) in [5.41, 5.74) is 0.523. The van der Waals surface area contributed by atoms with Crippen molar-refractivity contribution in [1.29, 1.82) is 0 Å². The topological polar surface area (TPSA) is 121 Å². The second kappa shape index (κ2) is 8.94. The molecule has 7 nitrogen and oxygen atoms in total. The first-order chi connectivity index (χ1) is 11.0. The molecule has 1 unspecified atom stereocenters. The minimum atomic E-state index is -4.64. The Bertz CT molecular complexity index is 528. The second-order valence-corrected chi connectivity index (χ2v) is 7.61. The summed E-state index contributed by atoms with van der Waals surface area (Å²) in [6.45, 7) is 0.835. The van der Waals surface area contributed by atoms with Gasteiger partial charge in [-0.25, -0.2) is 4.57 Å². The summed E-state index contributed by atoms with van der Waals surface area (Å²) in [6, 6.07) is 7.31. The van der Waals surface area contributed by atoms with E-state index < -0.39 is 13.4 Å². The zero-order chi connectivity index (χ0) is 18.4. The van der Waals surface area contributed by atoms with Crippen LogP contribution in [-0.4, -0.2) is 56.0 Å². The molecule has 0 aliphatic heterocycles. The van der Waals surface area contributed by atoms with E-state index in [-0.39, 0.29) is 11.7 Å². The number of nitrogens with zero attached hydrogens (tertiary/aromatic N) is 1. The highest BCUT2D eigenvalue weighted by Crippen LogP contribution is 2.40. The molecule has 1 fully saturated rings. The molecule has 1 aromatic carbocycles. The fourth-order valence-corrected chi connectivity index (χ4v) is 3.17. The smallest absolute Gasteiger partial charge is 0.466 e. The molecule has 0 saturated heterocycles. The predicted octanol–water partition coefficient (Wildman–Crippen LogP) is 1.80. The van der Waals surface area contributed by atoms with Crippen molar-refractivity contribution in [3.8, 4) is 5.75 Å². The van der Waals surface area contributed by atoms with Gasteiger partial charge in [-0.3, -0.25) is 0 Å². The van der Waals surface area contributed by atoms with E-state index in [0.717, 1.165) is 37.8 Å². The monoisotopic (exact) mass is 361 g/mol. The normalized spacial score (nSPS) is 18.6. The van der Waals surface area contributed by atoms with Gasteiger partial charge in [0, 0.05) is 12.5 Å². The molecule has 0 bridgehead atoms. The Morgan fingerprint density at radius 2 is 1.54 bits per heavy atom. The highest BCUT2D eigenvalue weighted by molar-refractivity contribution is 7.45. The molecule has 1 atom stereocenters. The lowest BCUT2D eigenvalue weighted by Crippen LogP contribution is -2.42. The van der Waals surface area contributed by atoms with E-state index in [2.05, 4.69) is 4.90 Å². The van der Waals surface area contributed by atoms with Crippen LogP contribution < -0.4 is 0 Å². The summed E-state index contributed by atoms with van der Waals surface area (Å²) in [7, 11) is -0.556. The minimum absolute atomic E-state index is 0.114. The van der Waals surface area contributed by atoms with Crippen LogP contribution in [0.15, 0.2) is 24.3 Å². The molecule has 1 aromatic rings. The molecular weight excluding hydrogens is 333 g/mol. The number of hydrogen-bond acceptors (Lipinski definition) is 4. The summed E-state index contributed by atoms with van der Waals surface area (Å²) in [5.74, 6) is 0.395. The van der Waals surface area contributed by atoms with Gasteiger partial charge in [0.15, 0.2) is 0 Å². The molecule has 0 spiro atoms. The van der Waals surface area contributed by atoms with Crippen molar-refractivity contribution >= 4 is 7.82 Å². The van der Waals surface area contributed by atoms with Crippen molar-refractivity contribution in [1.82, 2.24) is 4.90 Å². The van der Waals surface area contributed by atoms with E-state index in [1.54, 1.807) is 12.1 Å². The number of phenolic OH excluding ortho intramolecular Hbond substituents is 1. The molecule has 24 heavy (non-hydrogen) atoms. The molecule has 1 saturated carbocycles. The molecular formula is C16H28NO6P. The van der Waals surface area contributed by atoms with Crippen molar-refractivity contribution in [2.45, 2.75) is 43.6 Å². The zero-order valence-electron chi connectivity index (χ0n) is 14.2. The van der Waals surface area contributed by atoms with E-state index in [0.29, 0.717) is 0 Å². The fraction of sp³-hybridized carbons (Fsp3) is 0.625. The van der Waals surface area contributed by atoms with Gasteiger partial charge >= 0.3 is 7.82 Å². The number of benzene rings is 1. The van der Waals surface area contributed by atoms with Crippen molar-refractivity contribution in [3.05, 3.63) is 29.8 Å². The average molecular weight is 361 g/mol. The molecule has 1 aliphatic rings. The quantitative estimate of drug-likeness (QED) is 0.519. The van der Waals surface area contributed by atoms with Gasteiger partial charge in [-0.2, -0.15) is 0 Å². The Morgan fingerprint density at radius 3 is 1.96 bits per heavy atom. The number of phosphoric acid groups is 1. The summed E-state index contributed by atoms with van der Waals surface area (Å²) >= 11 is 0. The molecule has 1 aliphatic carbocycles. The maximum absolute atomic E-state index is 11.0. The van der Waals surface area contributed by atoms with Gasteiger partial charge in [0.05, 0.1) is 5.60 Å². The third kappa shape index (κ3) is 7.75. The predicted molar refractivity (Wildman–Crippen MR) is 91.7 cm³/mol. The molecule has 0 heterocycles. The van der Waals surface area contributed by atoms with Crippen molar-refractivity contribution in [2.24, 2.45) is 0 Å². The van der Waals surface area contributed by atoms with Crippen molar-refractivity contribution < 1.29 is 29.5 Å². The number of phenols is 1. The second-order valence-electron chi connectivity index (χ2n) is 6.58. The van der Waals surface area contributed by atoms with Crippen LogP contribution in [0.2, 0.25) is 0 Å². The van der Waals surface area contributed by atoms with E-state index in [1.165, 1.54) is 6.42 Å². The van der Waals surface area contributed by atoms with Gasteiger partial charge in [-0.05, 0) is 44.6 Å². The van der Waals surface area contributed by atoms with Crippen LogP contribution in [0.1, 0.15) is 43.6 Å². The molecule has 138 valence electrons. The standard InChI is InChI=1S/C16H25NO2.H3O4P/c1-17(2)12-15(13-6-8-14(18)9-7-13)16(19)10-4-3-5-11-16;1-5(2,3)4/h6-9,15,18-19H,3-5,10-12H2,1-2H3;(H3,1,2,3,4). The summed E-state index contributed by atoms with van der Waals surface area (Å²) in [5, 5.41) is 20.4. The first kappa shape index (κ1) is 21.1. The Kier molecular flexibility index (Phi) is 7.86. The minimum Gasteiger partial charge on any atom is -0.508 e. The first-order valence-electron chi connectivity index (χ1n) is 7.95. The van der Waals surface area contributed by atoms with Gasteiger partial charge in [0.25, 0.3) is 0 Å². The summed E-state index contributed by atoms with van der Waals surface area (Å²) in [6.07, 6.45) is 5.21. The van der Waals surface area contributed by atoms with E-state index in [4.69, 9.17) is 19.2 Å². The summed E-state index contributed by atoms with van der Waals surface area (Å²) in [4.78, 5) is 23.7. The zero-order valence-corrected chi connectivity index (χ0v) is 15.1. The van der Waals surface area contributed by atoms with Gasteiger partial charge in [0.1, 0.15) is 5.75 Å². The van der Waals surface area contributed by atoms with Crippen molar-refractivity contribution in [2.75, 3.05) is 20.6 Å². The Balaban J connectivity index is 0.000000505. The maximum atomic E-state index is 11.0. The fourth-order valence-electron chi connectivity index (χ4n) is 3.17. The number of aromatic hydroxyl groups is 1. The van der Waals surface area contributed by atoms with Gasteiger partial charge in [-0.1, -0.05) is 31.4 Å². The lowest BCUT2D eigenvalue weighted by atomic mass is 9.72. The first-order valence-corrected chi connectivity index (χ1v) is 9.52. The van der Waals surface area contributed by atoms with Crippen LogP contribution in [-0.2, 0) is 4.57 Å². The lowest BCUT2D eigenvalue weighted by Gasteiger charge is -2.40. The molecule has 0 radical (unpaired) electrons. The molecule has 5 N–H and O–H groups in total. The number of rotatable bonds is 4. The highest BCUT2D eigenvalue weighted by Gasteiger charge is 2.38. The Hall–Kier alpha value is -0.950. The van der Waals surface area contributed by atoms with Crippen LogP contribution in [0.5, 0.6) is 5.75 Å².